The number of hydrogen-bond acceptors (Lipinski definition) is 4. The van der Waals surface area contributed by atoms with Crippen molar-refractivity contribution >= 4 is 17.5 Å². The third kappa shape index (κ3) is 3.98. The monoisotopic (exact) mass is 384 g/mol. The molecule has 2 aromatic carbocycles. The highest BCUT2D eigenvalue weighted by Crippen LogP contribution is 2.35. The molecule has 7 heteroatoms. The van der Waals surface area contributed by atoms with Crippen LogP contribution in [0.25, 0.3) is 0 Å². The molecule has 2 amide bonds. The van der Waals surface area contributed by atoms with Gasteiger partial charge in [0.1, 0.15) is 5.82 Å². The Morgan fingerprint density at radius 3 is 2.43 bits per heavy atom. The molecular formula is C21H21FN2O4. The molecule has 28 heavy (non-hydrogen) atoms. The lowest BCUT2D eigenvalue weighted by atomic mass is 9.86. The molecule has 0 aliphatic carbocycles. The highest BCUT2D eigenvalue weighted by molar-refractivity contribution is 6.06. The minimum atomic E-state index is -0.463. The third-order valence-electron chi connectivity index (χ3n) is 4.67. The fraction of sp³-hybridized carbons (Fsp3) is 0.238. The van der Waals surface area contributed by atoms with E-state index in [0.717, 1.165) is 5.56 Å². The molecule has 0 spiro atoms. The van der Waals surface area contributed by atoms with Gasteiger partial charge in [-0.15, -0.1) is 0 Å². The largest absolute Gasteiger partial charge is 0.493 e. The molecular weight excluding hydrogens is 363 g/mol. The predicted octanol–water partition coefficient (Wildman–Crippen LogP) is 3.28. The Bertz CT molecular complexity index is 938. The summed E-state index contributed by atoms with van der Waals surface area (Å²) in [6, 6.07) is 9.25. The van der Waals surface area contributed by atoms with Crippen molar-refractivity contribution in [3.63, 3.8) is 0 Å². The van der Waals surface area contributed by atoms with Crippen molar-refractivity contribution in [1.29, 1.82) is 0 Å². The molecule has 0 saturated heterocycles. The zero-order chi connectivity index (χ0) is 20.3. The first-order chi connectivity index (χ1) is 13.4. The second-order valence-corrected chi connectivity index (χ2v) is 6.45. The van der Waals surface area contributed by atoms with Crippen molar-refractivity contribution in [3.05, 3.63) is 65.1 Å². The van der Waals surface area contributed by atoms with Crippen LogP contribution in [0.5, 0.6) is 11.5 Å². The molecule has 2 aromatic rings. The van der Waals surface area contributed by atoms with Gasteiger partial charge in [0.05, 0.1) is 14.2 Å². The predicted molar refractivity (Wildman–Crippen MR) is 103 cm³/mol. The number of anilines is 1. The normalized spacial score (nSPS) is 16.1. The minimum Gasteiger partial charge on any atom is -0.493 e. The van der Waals surface area contributed by atoms with Gasteiger partial charge >= 0.3 is 0 Å². The van der Waals surface area contributed by atoms with Crippen molar-refractivity contribution in [2.24, 2.45) is 0 Å². The van der Waals surface area contributed by atoms with Crippen LogP contribution in [0.1, 0.15) is 23.5 Å². The number of benzene rings is 2. The number of aryl methyl sites for hydroxylation is 1. The van der Waals surface area contributed by atoms with Gasteiger partial charge in [-0.3, -0.25) is 9.59 Å². The third-order valence-corrected chi connectivity index (χ3v) is 4.67. The summed E-state index contributed by atoms with van der Waals surface area (Å²) in [6.45, 7) is 1.84. The summed E-state index contributed by atoms with van der Waals surface area (Å²) in [5.41, 5.74) is 2.45. The number of nitrogens with one attached hydrogen (secondary N) is 2. The topological polar surface area (TPSA) is 76.7 Å². The molecule has 2 N–H and O–H groups in total. The van der Waals surface area contributed by atoms with Gasteiger partial charge in [0, 0.05) is 35.9 Å². The van der Waals surface area contributed by atoms with Gasteiger partial charge in [-0.25, -0.2) is 4.39 Å². The van der Waals surface area contributed by atoms with Gasteiger partial charge in [-0.1, -0.05) is 12.1 Å². The average molecular weight is 384 g/mol. The van der Waals surface area contributed by atoms with E-state index in [1.54, 1.807) is 31.4 Å². The van der Waals surface area contributed by atoms with Crippen molar-refractivity contribution in [1.82, 2.24) is 5.32 Å². The van der Waals surface area contributed by atoms with Gasteiger partial charge in [0.25, 0.3) is 5.91 Å². The maximum absolute atomic E-state index is 13.3. The van der Waals surface area contributed by atoms with Crippen LogP contribution in [0, 0.1) is 12.7 Å². The first-order valence-corrected chi connectivity index (χ1v) is 8.71. The van der Waals surface area contributed by atoms with Gasteiger partial charge in [-0.2, -0.15) is 0 Å². The fourth-order valence-electron chi connectivity index (χ4n) is 3.14. The molecule has 0 saturated carbocycles. The molecule has 0 fully saturated rings. The summed E-state index contributed by atoms with van der Waals surface area (Å²) in [5.74, 6) is -0.344. The van der Waals surface area contributed by atoms with E-state index < -0.39 is 5.92 Å². The summed E-state index contributed by atoms with van der Waals surface area (Å²) in [4.78, 5) is 24.8. The van der Waals surface area contributed by atoms with Crippen LogP contribution in [0.3, 0.4) is 0 Å². The van der Waals surface area contributed by atoms with Crippen molar-refractivity contribution in [3.8, 4) is 11.5 Å². The van der Waals surface area contributed by atoms with Crippen molar-refractivity contribution < 1.29 is 23.5 Å². The number of methoxy groups -OCH3 is 2. The Balaban J connectivity index is 1.90. The van der Waals surface area contributed by atoms with Gasteiger partial charge in [0.15, 0.2) is 11.5 Å². The Labute approximate surface area is 162 Å². The molecule has 1 atom stereocenters. The smallest absolute Gasteiger partial charge is 0.253 e. The Hall–Kier alpha value is -3.35. The maximum Gasteiger partial charge on any atom is 0.253 e. The van der Waals surface area contributed by atoms with Crippen molar-refractivity contribution in [2.75, 3.05) is 19.5 Å². The van der Waals surface area contributed by atoms with Gasteiger partial charge in [0.2, 0.25) is 5.91 Å². The number of halogens is 1. The molecule has 0 aromatic heterocycles. The van der Waals surface area contributed by atoms with Crippen LogP contribution >= 0.6 is 0 Å². The molecule has 1 heterocycles. The molecule has 0 radical (unpaired) electrons. The fourth-order valence-corrected chi connectivity index (χ4v) is 3.14. The van der Waals surface area contributed by atoms with Gasteiger partial charge < -0.3 is 20.1 Å². The molecule has 0 bridgehead atoms. The summed E-state index contributed by atoms with van der Waals surface area (Å²) < 4.78 is 23.8. The second kappa shape index (κ2) is 8.12. The molecule has 146 valence electrons. The first kappa shape index (κ1) is 19.4. The standard InChI is InChI=1S/C21H21FN2O4/c1-12-8-18(27-2)19(28-3)10-17(12)24-21(26)16-11-23-20(25)9-15(16)13-4-6-14(22)7-5-13/h4-8,10-11,15H,9H2,1-3H3,(H,23,25)(H,24,26)/t15-/m1/s1. The van der Waals surface area contributed by atoms with Crippen molar-refractivity contribution in [2.45, 2.75) is 19.3 Å². The number of ether oxygens (including phenoxy) is 2. The summed E-state index contributed by atoms with van der Waals surface area (Å²) in [7, 11) is 3.06. The minimum absolute atomic E-state index is 0.107. The second-order valence-electron chi connectivity index (χ2n) is 6.45. The lowest BCUT2D eigenvalue weighted by Gasteiger charge is -2.24. The quantitative estimate of drug-likeness (QED) is 0.830. The molecule has 3 rings (SSSR count). The zero-order valence-electron chi connectivity index (χ0n) is 15.8. The summed E-state index contributed by atoms with van der Waals surface area (Å²) in [6.07, 6.45) is 1.51. The van der Waals surface area contributed by atoms with Gasteiger partial charge in [-0.05, 0) is 36.2 Å². The van der Waals surface area contributed by atoms with E-state index in [2.05, 4.69) is 10.6 Å². The van der Waals surface area contributed by atoms with Crippen LogP contribution in [-0.4, -0.2) is 26.0 Å². The first-order valence-electron chi connectivity index (χ1n) is 8.71. The number of carbonyl (C=O) groups excluding carboxylic acids is 2. The van der Waals surface area contributed by atoms with Crippen LogP contribution in [-0.2, 0) is 9.59 Å². The Morgan fingerprint density at radius 2 is 1.79 bits per heavy atom. The van der Waals surface area contributed by atoms with E-state index in [9.17, 15) is 14.0 Å². The number of hydrogen-bond donors (Lipinski definition) is 2. The highest BCUT2D eigenvalue weighted by Gasteiger charge is 2.29. The number of amides is 2. The molecule has 6 nitrogen and oxygen atoms in total. The van der Waals surface area contributed by atoms with E-state index in [-0.39, 0.29) is 24.1 Å². The van der Waals surface area contributed by atoms with E-state index in [0.29, 0.717) is 28.3 Å². The number of carbonyl (C=O) groups is 2. The van der Waals surface area contributed by atoms with E-state index >= 15 is 0 Å². The summed E-state index contributed by atoms with van der Waals surface area (Å²) >= 11 is 0. The Morgan fingerprint density at radius 1 is 1.14 bits per heavy atom. The average Bonchev–Trinajstić information content (AvgIpc) is 2.69. The van der Waals surface area contributed by atoms with Crippen LogP contribution < -0.4 is 20.1 Å². The maximum atomic E-state index is 13.3. The lowest BCUT2D eigenvalue weighted by molar-refractivity contribution is -0.121. The zero-order valence-corrected chi connectivity index (χ0v) is 15.8. The van der Waals surface area contributed by atoms with E-state index in [1.165, 1.54) is 25.4 Å². The van der Waals surface area contributed by atoms with Crippen LogP contribution in [0.2, 0.25) is 0 Å². The van der Waals surface area contributed by atoms with Crippen LogP contribution in [0.15, 0.2) is 48.2 Å². The highest BCUT2D eigenvalue weighted by atomic mass is 19.1. The molecule has 1 aliphatic rings. The van der Waals surface area contributed by atoms with E-state index in [1.807, 2.05) is 6.92 Å². The molecule has 0 unspecified atom stereocenters. The summed E-state index contributed by atoms with van der Waals surface area (Å²) in [5, 5.41) is 5.45. The molecule has 1 aliphatic heterocycles. The Kier molecular flexibility index (Phi) is 5.63. The number of rotatable bonds is 5. The lowest BCUT2D eigenvalue weighted by Crippen LogP contribution is -2.32. The van der Waals surface area contributed by atoms with E-state index in [4.69, 9.17) is 9.47 Å². The SMILES string of the molecule is COc1cc(C)c(NC(=O)C2=CNC(=O)C[C@@H]2c2ccc(F)cc2)cc1OC. The van der Waals surface area contributed by atoms with Crippen LogP contribution in [0.4, 0.5) is 10.1 Å².